The Morgan fingerprint density at radius 3 is 2.49 bits per heavy atom. The standard InChI is InChI=1S/C30H30N2O5S2/c1-6-36-18-11-12-20-23(16-18)39-29(31-20)32-25(22-9-8-14-38-22)24(27(34)28(32)35)26(33)17-10-13-21(37-7-2)19(15-17)30(3,4)5/h8-16,25,33H,6-7H2,1-5H3/b26-24+. The summed E-state index contributed by atoms with van der Waals surface area (Å²) >= 11 is 2.73. The maximum atomic E-state index is 13.5. The van der Waals surface area contributed by atoms with Crippen LogP contribution in [-0.2, 0) is 15.0 Å². The van der Waals surface area contributed by atoms with Crippen molar-refractivity contribution < 1.29 is 24.2 Å². The lowest BCUT2D eigenvalue weighted by molar-refractivity contribution is -0.132. The smallest absolute Gasteiger partial charge is 0.301 e. The molecule has 1 amide bonds. The van der Waals surface area contributed by atoms with E-state index in [9.17, 15) is 14.7 Å². The summed E-state index contributed by atoms with van der Waals surface area (Å²) in [4.78, 5) is 33.9. The van der Waals surface area contributed by atoms with Crippen molar-refractivity contribution in [2.75, 3.05) is 18.1 Å². The second-order valence-electron chi connectivity index (χ2n) is 10.1. The van der Waals surface area contributed by atoms with Crippen molar-refractivity contribution in [1.82, 2.24) is 4.98 Å². The summed E-state index contributed by atoms with van der Waals surface area (Å²) in [6, 6.07) is 13.8. The molecule has 5 rings (SSSR count). The normalized spacial score (nSPS) is 17.3. The van der Waals surface area contributed by atoms with E-state index < -0.39 is 17.7 Å². The number of carbonyl (C=O) groups excluding carboxylic acids is 2. The number of rotatable bonds is 7. The Morgan fingerprint density at radius 1 is 1.05 bits per heavy atom. The number of anilines is 1. The number of hydrogen-bond donors (Lipinski definition) is 1. The fourth-order valence-corrected chi connectivity index (χ4v) is 6.54. The van der Waals surface area contributed by atoms with E-state index in [-0.39, 0.29) is 16.7 Å². The zero-order valence-electron chi connectivity index (χ0n) is 22.5. The molecule has 1 aliphatic rings. The number of nitrogens with zero attached hydrogens (tertiary/aromatic N) is 2. The molecule has 2 aromatic heterocycles. The molecular weight excluding hydrogens is 532 g/mol. The van der Waals surface area contributed by atoms with Gasteiger partial charge in [0.1, 0.15) is 23.3 Å². The number of ketones is 1. The van der Waals surface area contributed by atoms with Gasteiger partial charge in [-0.3, -0.25) is 14.5 Å². The van der Waals surface area contributed by atoms with Crippen LogP contribution in [0, 0.1) is 0 Å². The average molecular weight is 563 g/mol. The first-order chi connectivity index (χ1) is 18.6. The number of amides is 1. The lowest BCUT2D eigenvalue weighted by Gasteiger charge is -2.24. The molecule has 9 heteroatoms. The summed E-state index contributed by atoms with van der Waals surface area (Å²) < 4.78 is 12.3. The van der Waals surface area contributed by atoms with Crippen molar-refractivity contribution in [3.05, 3.63) is 75.5 Å². The number of hydrogen-bond acceptors (Lipinski definition) is 8. The number of aliphatic hydroxyl groups is 1. The highest BCUT2D eigenvalue weighted by Crippen LogP contribution is 2.46. The molecule has 3 heterocycles. The third-order valence-electron chi connectivity index (χ3n) is 6.48. The van der Waals surface area contributed by atoms with Gasteiger partial charge >= 0.3 is 5.91 Å². The van der Waals surface area contributed by atoms with Crippen molar-refractivity contribution in [3.8, 4) is 11.5 Å². The molecule has 1 atom stereocenters. The van der Waals surface area contributed by atoms with Crippen LogP contribution in [0.2, 0.25) is 0 Å². The average Bonchev–Trinajstić information content (AvgIpc) is 3.62. The largest absolute Gasteiger partial charge is 0.507 e. The Bertz CT molecular complexity index is 1580. The van der Waals surface area contributed by atoms with Crippen LogP contribution in [0.15, 0.2) is 59.5 Å². The van der Waals surface area contributed by atoms with Gasteiger partial charge in [0.25, 0.3) is 5.78 Å². The zero-order chi connectivity index (χ0) is 27.9. The van der Waals surface area contributed by atoms with Crippen molar-refractivity contribution in [3.63, 3.8) is 0 Å². The van der Waals surface area contributed by atoms with E-state index in [0.717, 1.165) is 20.9 Å². The topological polar surface area (TPSA) is 89.0 Å². The highest BCUT2D eigenvalue weighted by molar-refractivity contribution is 7.22. The lowest BCUT2D eigenvalue weighted by atomic mass is 9.84. The fraction of sp³-hybridized carbons (Fsp3) is 0.300. The van der Waals surface area contributed by atoms with Crippen LogP contribution in [0.3, 0.4) is 0 Å². The molecular formula is C30H30N2O5S2. The van der Waals surface area contributed by atoms with E-state index in [1.54, 1.807) is 12.1 Å². The maximum Gasteiger partial charge on any atom is 0.301 e. The number of fused-ring (bicyclic) bond motifs is 1. The van der Waals surface area contributed by atoms with Gasteiger partial charge in [-0.05, 0) is 67.1 Å². The molecule has 2 aromatic carbocycles. The fourth-order valence-electron chi connectivity index (χ4n) is 4.70. The molecule has 7 nitrogen and oxygen atoms in total. The lowest BCUT2D eigenvalue weighted by Crippen LogP contribution is -2.28. The Hall–Kier alpha value is -3.69. The first-order valence-corrected chi connectivity index (χ1v) is 14.5. The molecule has 1 unspecified atom stereocenters. The third kappa shape index (κ3) is 4.92. The molecule has 0 spiro atoms. The van der Waals surface area contributed by atoms with E-state index in [0.29, 0.717) is 35.2 Å². The van der Waals surface area contributed by atoms with Gasteiger partial charge in [0.15, 0.2) is 5.13 Å². The second-order valence-corrected chi connectivity index (χ2v) is 12.1. The Balaban J connectivity index is 1.66. The summed E-state index contributed by atoms with van der Waals surface area (Å²) in [5.41, 5.74) is 1.81. The van der Waals surface area contributed by atoms with Crippen LogP contribution in [0.1, 0.15) is 56.7 Å². The van der Waals surface area contributed by atoms with Crippen molar-refractivity contribution >= 4 is 55.5 Å². The van der Waals surface area contributed by atoms with Crippen LogP contribution in [0.5, 0.6) is 11.5 Å². The van der Waals surface area contributed by atoms with Gasteiger partial charge in [-0.15, -0.1) is 11.3 Å². The van der Waals surface area contributed by atoms with Gasteiger partial charge in [0.05, 0.1) is 29.0 Å². The zero-order valence-corrected chi connectivity index (χ0v) is 24.1. The summed E-state index contributed by atoms with van der Waals surface area (Å²) in [6.07, 6.45) is 0. The van der Waals surface area contributed by atoms with E-state index >= 15 is 0 Å². The van der Waals surface area contributed by atoms with Gasteiger partial charge in [-0.1, -0.05) is 38.2 Å². The second kappa shape index (κ2) is 10.5. The minimum Gasteiger partial charge on any atom is -0.507 e. The summed E-state index contributed by atoms with van der Waals surface area (Å²) in [5.74, 6) is -0.255. The predicted molar refractivity (Wildman–Crippen MR) is 156 cm³/mol. The van der Waals surface area contributed by atoms with Gasteiger partial charge in [0.2, 0.25) is 0 Å². The minimum atomic E-state index is -0.804. The molecule has 39 heavy (non-hydrogen) atoms. The Kier molecular flexibility index (Phi) is 7.22. The molecule has 0 saturated carbocycles. The molecule has 0 radical (unpaired) electrons. The summed E-state index contributed by atoms with van der Waals surface area (Å²) in [5, 5.41) is 13.9. The molecule has 202 valence electrons. The van der Waals surface area contributed by atoms with Crippen molar-refractivity contribution in [2.45, 2.75) is 46.1 Å². The van der Waals surface area contributed by atoms with Crippen molar-refractivity contribution in [1.29, 1.82) is 0 Å². The first kappa shape index (κ1) is 26.9. The Morgan fingerprint density at radius 2 is 1.82 bits per heavy atom. The van der Waals surface area contributed by atoms with Crippen LogP contribution >= 0.6 is 22.7 Å². The monoisotopic (exact) mass is 562 g/mol. The highest BCUT2D eigenvalue weighted by Gasteiger charge is 2.48. The van der Waals surface area contributed by atoms with E-state index in [1.165, 1.54) is 27.6 Å². The molecule has 1 aliphatic heterocycles. The molecule has 0 bridgehead atoms. The number of thiazole rings is 1. The predicted octanol–water partition coefficient (Wildman–Crippen LogP) is 7.08. The molecule has 1 fully saturated rings. The van der Waals surface area contributed by atoms with E-state index in [2.05, 4.69) is 25.8 Å². The van der Waals surface area contributed by atoms with Crippen LogP contribution in [-0.4, -0.2) is 35.0 Å². The number of thiophene rings is 1. The summed E-state index contributed by atoms with van der Waals surface area (Å²) in [6.45, 7) is 11.1. The number of aliphatic hydroxyl groups excluding tert-OH is 1. The van der Waals surface area contributed by atoms with Crippen LogP contribution in [0.25, 0.3) is 16.0 Å². The minimum absolute atomic E-state index is 0.0423. The van der Waals surface area contributed by atoms with Gasteiger partial charge in [-0.25, -0.2) is 4.98 Å². The van der Waals surface area contributed by atoms with Crippen LogP contribution < -0.4 is 14.4 Å². The maximum absolute atomic E-state index is 13.5. The number of benzene rings is 2. The van der Waals surface area contributed by atoms with E-state index in [4.69, 9.17) is 9.47 Å². The number of aromatic nitrogens is 1. The van der Waals surface area contributed by atoms with E-state index in [1.807, 2.05) is 55.6 Å². The van der Waals surface area contributed by atoms with Gasteiger partial charge in [0, 0.05) is 16.0 Å². The SMILES string of the molecule is CCOc1ccc2nc(N3C(=O)C(=O)/C(=C(/O)c4ccc(OCC)c(C(C)(C)C)c4)C3c3cccs3)sc2c1. The van der Waals surface area contributed by atoms with Crippen LogP contribution in [0.4, 0.5) is 5.13 Å². The Labute approximate surface area is 235 Å². The molecule has 4 aromatic rings. The van der Waals surface area contributed by atoms with Gasteiger partial charge < -0.3 is 14.6 Å². The quantitative estimate of drug-likeness (QED) is 0.147. The molecule has 1 saturated heterocycles. The number of Topliss-reactive ketones (excluding diaryl/α,β-unsaturated/α-hetero) is 1. The van der Waals surface area contributed by atoms with Crippen molar-refractivity contribution in [2.24, 2.45) is 0 Å². The highest BCUT2D eigenvalue weighted by atomic mass is 32.1. The third-order valence-corrected chi connectivity index (χ3v) is 8.43. The molecule has 0 aliphatic carbocycles. The number of ether oxygens (including phenoxy) is 2. The summed E-state index contributed by atoms with van der Waals surface area (Å²) in [7, 11) is 0. The van der Waals surface area contributed by atoms with Gasteiger partial charge in [-0.2, -0.15) is 0 Å². The number of carbonyl (C=O) groups is 2. The molecule has 1 N–H and O–H groups in total. The first-order valence-electron chi connectivity index (χ1n) is 12.8.